The van der Waals surface area contributed by atoms with Gasteiger partial charge in [0.25, 0.3) is 0 Å². The van der Waals surface area contributed by atoms with E-state index in [0.29, 0.717) is 6.04 Å². The van der Waals surface area contributed by atoms with Crippen molar-refractivity contribution in [2.24, 2.45) is 5.92 Å². The van der Waals surface area contributed by atoms with E-state index in [0.717, 1.165) is 12.5 Å². The number of halogens is 1. The third-order valence-corrected chi connectivity index (χ3v) is 4.36. The Kier molecular flexibility index (Phi) is 5.13. The summed E-state index contributed by atoms with van der Waals surface area (Å²) in [5.74, 6) is 0.765. The molecule has 14 heavy (non-hydrogen) atoms. The van der Waals surface area contributed by atoms with E-state index in [-0.39, 0.29) is 0 Å². The zero-order valence-corrected chi connectivity index (χ0v) is 11.4. The molecule has 0 bridgehead atoms. The fourth-order valence-corrected chi connectivity index (χ4v) is 2.66. The smallest absolute Gasteiger partial charge is 0.0386 e. The van der Waals surface area contributed by atoms with Crippen LogP contribution < -0.4 is 5.32 Å². The Balaban J connectivity index is 2.39. The maximum absolute atomic E-state index is 3.55. The topological polar surface area (TPSA) is 12.0 Å². The lowest BCUT2D eigenvalue weighted by molar-refractivity contribution is 0.464. The van der Waals surface area contributed by atoms with E-state index in [4.69, 9.17) is 0 Å². The van der Waals surface area contributed by atoms with Crippen LogP contribution in [0.25, 0.3) is 0 Å². The maximum atomic E-state index is 3.55. The average Bonchev–Trinajstić information content (AvgIpc) is 2.60. The Hall–Kier alpha value is 0.140. The number of hydrogen-bond donors (Lipinski definition) is 1. The van der Waals surface area contributed by atoms with Crippen molar-refractivity contribution in [1.82, 2.24) is 5.32 Å². The molecule has 0 fully saturated rings. The molecule has 0 amide bonds. The van der Waals surface area contributed by atoms with E-state index in [2.05, 4.69) is 53.5 Å². The number of thiophene rings is 1. The summed E-state index contributed by atoms with van der Waals surface area (Å²) in [4.78, 5) is 1.40. The van der Waals surface area contributed by atoms with Gasteiger partial charge in [0.1, 0.15) is 0 Å². The van der Waals surface area contributed by atoms with Gasteiger partial charge in [0, 0.05) is 20.8 Å². The van der Waals surface area contributed by atoms with E-state index in [1.54, 1.807) is 0 Å². The lowest BCUT2D eigenvalue weighted by Crippen LogP contribution is -2.23. The largest absolute Gasteiger partial charge is 0.309 e. The number of nitrogens with one attached hydrogen (secondary N) is 1. The van der Waals surface area contributed by atoms with Crippen LogP contribution in [0.1, 0.15) is 38.1 Å². The summed E-state index contributed by atoms with van der Waals surface area (Å²) in [5, 5.41) is 5.69. The first-order chi connectivity index (χ1) is 6.63. The standard InChI is InChI=1S/C11H18BrNS/c1-4-8(2)6-13-9(3)11-5-10(12)7-14-11/h5,7-9,13H,4,6H2,1-3H3. The zero-order chi connectivity index (χ0) is 10.6. The molecular formula is C11H18BrNS. The minimum atomic E-state index is 0.472. The molecule has 0 saturated carbocycles. The third-order valence-electron chi connectivity index (χ3n) is 2.48. The molecule has 0 aliphatic rings. The lowest BCUT2D eigenvalue weighted by atomic mass is 10.1. The van der Waals surface area contributed by atoms with Crippen molar-refractivity contribution >= 4 is 27.3 Å². The van der Waals surface area contributed by atoms with Gasteiger partial charge in [0.15, 0.2) is 0 Å². The van der Waals surface area contributed by atoms with Gasteiger partial charge in [-0.05, 0) is 41.4 Å². The van der Waals surface area contributed by atoms with E-state index in [1.807, 2.05) is 11.3 Å². The summed E-state index contributed by atoms with van der Waals surface area (Å²) in [6.45, 7) is 7.84. The van der Waals surface area contributed by atoms with Gasteiger partial charge in [-0.3, -0.25) is 0 Å². The van der Waals surface area contributed by atoms with Crippen molar-refractivity contribution in [2.45, 2.75) is 33.2 Å². The monoisotopic (exact) mass is 275 g/mol. The predicted molar refractivity (Wildman–Crippen MR) is 67.9 cm³/mol. The highest BCUT2D eigenvalue weighted by atomic mass is 79.9. The summed E-state index contributed by atoms with van der Waals surface area (Å²) in [7, 11) is 0. The highest BCUT2D eigenvalue weighted by Gasteiger charge is 2.08. The Labute approximate surface area is 99.0 Å². The second kappa shape index (κ2) is 5.89. The van der Waals surface area contributed by atoms with E-state index in [9.17, 15) is 0 Å². The first-order valence-corrected chi connectivity index (χ1v) is 6.78. The van der Waals surface area contributed by atoms with E-state index >= 15 is 0 Å². The van der Waals surface area contributed by atoms with Crippen molar-refractivity contribution < 1.29 is 0 Å². The van der Waals surface area contributed by atoms with Gasteiger partial charge < -0.3 is 5.32 Å². The lowest BCUT2D eigenvalue weighted by Gasteiger charge is -2.15. The van der Waals surface area contributed by atoms with Crippen LogP contribution in [0.2, 0.25) is 0 Å². The molecule has 0 aliphatic heterocycles. The molecule has 0 spiro atoms. The highest BCUT2D eigenvalue weighted by molar-refractivity contribution is 9.10. The molecular weight excluding hydrogens is 258 g/mol. The second-order valence-corrected chi connectivity index (χ2v) is 5.67. The molecule has 1 aromatic rings. The molecule has 2 unspecified atom stereocenters. The van der Waals surface area contributed by atoms with Crippen molar-refractivity contribution in [3.05, 3.63) is 20.8 Å². The molecule has 80 valence electrons. The zero-order valence-electron chi connectivity index (χ0n) is 9.01. The van der Waals surface area contributed by atoms with Crippen LogP contribution in [-0.2, 0) is 0 Å². The molecule has 2 atom stereocenters. The Morgan fingerprint density at radius 2 is 2.21 bits per heavy atom. The molecule has 0 aromatic carbocycles. The molecule has 1 nitrogen and oxygen atoms in total. The molecule has 1 N–H and O–H groups in total. The van der Waals surface area contributed by atoms with Gasteiger partial charge in [-0.15, -0.1) is 11.3 Å². The fraction of sp³-hybridized carbons (Fsp3) is 0.636. The molecule has 1 aromatic heterocycles. The van der Waals surface area contributed by atoms with Crippen LogP contribution in [0, 0.1) is 5.92 Å². The summed E-state index contributed by atoms with van der Waals surface area (Å²) in [6, 6.07) is 2.67. The molecule has 3 heteroatoms. The first-order valence-electron chi connectivity index (χ1n) is 5.10. The Morgan fingerprint density at radius 3 is 2.71 bits per heavy atom. The molecule has 1 rings (SSSR count). The fourth-order valence-electron chi connectivity index (χ4n) is 1.18. The van der Waals surface area contributed by atoms with Crippen LogP contribution in [0.3, 0.4) is 0 Å². The molecule has 0 saturated heterocycles. The van der Waals surface area contributed by atoms with Gasteiger partial charge in [-0.25, -0.2) is 0 Å². The van der Waals surface area contributed by atoms with Crippen molar-refractivity contribution in [2.75, 3.05) is 6.54 Å². The van der Waals surface area contributed by atoms with Crippen molar-refractivity contribution in [1.29, 1.82) is 0 Å². The second-order valence-electron chi connectivity index (χ2n) is 3.81. The van der Waals surface area contributed by atoms with Crippen LogP contribution in [0.15, 0.2) is 15.9 Å². The van der Waals surface area contributed by atoms with Crippen molar-refractivity contribution in [3.8, 4) is 0 Å². The summed E-state index contributed by atoms with van der Waals surface area (Å²) < 4.78 is 1.19. The van der Waals surface area contributed by atoms with Gasteiger partial charge in [0.05, 0.1) is 0 Å². The van der Waals surface area contributed by atoms with Gasteiger partial charge in [0.2, 0.25) is 0 Å². The normalized spacial score (nSPS) is 15.4. The van der Waals surface area contributed by atoms with Gasteiger partial charge >= 0.3 is 0 Å². The first kappa shape index (κ1) is 12.2. The van der Waals surface area contributed by atoms with Crippen LogP contribution in [-0.4, -0.2) is 6.54 Å². The van der Waals surface area contributed by atoms with Crippen LogP contribution in [0.5, 0.6) is 0 Å². The minimum Gasteiger partial charge on any atom is -0.309 e. The van der Waals surface area contributed by atoms with E-state index in [1.165, 1.54) is 15.8 Å². The third kappa shape index (κ3) is 3.71. The van der Waals surface area contributed by atoms with Crippen LogP contribution >= 0.6 is 27.3 Å². The SMILES string of the molecule is CCC(C)CNC(C)c1cc(Br)cs1. The minimum absolute atomic E-state index is 0.472. The van der Waals surface area contributed by atoms with Gasteiger partial charge in [-0.2, -0.15) is 0 Å². The van der Waals surface area contributed by atoms with Crippen LogP contribution in [0.4, 0.5) is 0 Å². The van der Waals surface area contributed by atoms with Gasteiger partial charge in [-0.1, -0.05) is 20.3 Å². The van der Waals surface area contributed by atoms with E-state index < -0.39 is 0 Å². The molecule has 1 heterocycles. The highest BCUT2D eigenvalue weighted by Crippen LogP contribution is 2.25. The maximum Gasteiger partial charge on any atom is 0.0386 e. The number of rotatable bonds is 5. The number of hydrogen-bond acceptors (Lipinski definition) is 2. The summed E-state index contributed by atoms with van der Waals surface area (Å²) in [6.07, 6.45) is 1.24. The molecule has 0 radical (unpaired) electrons. The quantitative estimate of drug-likeness (QED) is 0.849. The average molecular weight is 276 g/mol. The molecule has 0 aliphatic carbocycles. The summed E-state index contributed by atoms with van der Waals surface area (Å²) in [5.41, 5.74) is 0. The predicted octanol–water partition coefficient (Wildman–Crippen LogP) is 4.21. The summed E-state index contributed by atoms with van der Waals surface area (Å²) >= 11 is 5.28. The van der Waals surface area contributed by atoms with Crippen molar-refractivity contribution in [3.63, 3.8) is 0 Å². The Bertz CT molecular complexity index is 272. The Morgan fingerprint density at radius 1 is 1.50 bits per heavy atom.